The maximum Gasteiger partial charge on any atom is 0.408 e. The molecular weight excluding hydrogens is 264 g/mol. The first-order valence-electron chi connectivity index (χ1n) is 6.05. The van der Waals surface area contributed by atoms with Crippen molar-refractivity contribution in [1.29, 1.82) is 0 Å². The summed E-state index contributed by atoms with van der Waals surface area (Å²) in [5.41, 5.74) is 5.18. The topological polar surface area (TPSA) is 80.5 Å². The van der Waals surface area contributed by atoms with Gasteiger partial charge >= 0.3 is 6.09 Å². The van der Waals surface area contributed by atoms with Crippen LogP contribution in [-0.4, -0.2) is 37.3 Å². The summed E-state index contributed by atoms with van der Waals surface area (Å²) < 4.78 is 5.21. The molecule has 0 aromatic carbocycles. The second kappa shape index (κ2) is 6.21. The molecule has 0 saturated carbocycles. The monoisotopic (exact) mass is 286 g/mol. The van der Waals surface area contributed by atoms with Crippen LogP contribution >= 0.6 is 11.3 Å². The maximum absolute atomic E-state index is 11.7. The van der Waals surface area contributed by atoms with Gasteiger partial charge in [0.25, 0.3) is 0 Å². The molecule has 108 valence electrons. The van der Waals surface area contributed by atoms with Crippen molar-refractivity contribution in [1.82, 2.24) is 10.3 Å². The van der Waals surface area contributed by atoms with Crippen LogP contribution in [0.5, 0.6) is 0 Å². The molecule has 1 rings (SSSR count). The van der Waals surface area contributed by atoms with Crippen LogP contribution in [0.15, 0.2) is 6.20 Å². The normalized spacial score (nSPS) is 12.9. The number of nitrogens with zero attached hydrogens (tertiary/aromatic N) is 2. The number of carbonyl (C=O) groups is 1. The maximum atomic E-state index is 11.7. The Balaban J connectivity index is 2.69. The first kappa shape index (κ1) is 15.7. The minimum Gasteiger partial charge on any atom is -0.444 e. The van der Waals surface area contributed by atoms with Gasteiger partial charge in [-0.3, -0.25) is 0 Å². The van der Waals surface area contributed by atoms with Crippen molar-refractivity contribution in [3.05, 3.63) is 11.1 Å². The molecular formula is C12H22N4O2S. The van der Waals surface area contributed by atoms with E-state index in [4.69, 9.17) is 10.5 Å². The van der Waals surface area contributed by atoms with Crippen molar-refractivity contribution < 1.29 is 9.53 Å². The number of ether oxygens (including phenoxy) is 1. The summed E-state index contributed by atoms with van der Waals surface area (Å²) in [5.74, 6) is 0. The highest BCUT2D eigenvalue weighted by molar-refractivity contribution is 7.15. The highest BCUT2D eigenvalue weighted by atomic mass is 32.1. The Morgan fingerprint density at radius 3 is 2.63 bits per heavy atom. The van der Waals surface area contributed by atoms with Crippen LogP contribution < -0.4 is 16.0 Å². The first-order valence-corrected chi connectivity index (χ1v) is 6.87. The Hall–Kier alpha value is -1.34. The van der Waals surface area contributed by atoms with Gasteiger partial charge in [-0.05, 0) is 20.8 Å². The molecule has 0 saturated heterocycles. The molecule has 0 spiro atoms. The van der Waals surface area contributed by atoms with E-state index in [9.17, 15) is 4.79 Å². The second-order valence-electron chi connectivity index (χ2n) is 5.37. The molecule has 1 atom stereocenters. The average Bonchev–Trinajstić information content (AvgIpc) is 2.72. The molecule has 1 unspecified atom stereocenters. The van der Waals surface area contributed by atoms with Crippen molar-refractivity contribution >= 4 is 22.6 Å². The summed E-state index contributed by atoms with van der Waals surface area (Å²) in [5, 5.41) is 3.63. The van der Waals surface area contributed by atoms with Crippen LogP contribution in [-0.2, 0) is 4.74 Å². The van der Waals surface area contributed by atoms with Gasteiger partial charge in [-0.25, -0.2) is 9.78 Å². The third-order valence-corrected chi connectivity index (χ3v) is 3.44. The Bertz CT molecular complexity index is 426. The molecule has 0 bridgehead atoms. The van der Waals surface area contributed by atoms with Crippen molar-refractivity contribution in [2.24, 2.45) is 5.73 Å². The van der Waals surface area contributed by atoms with Crippen molar-refractivity contribution in [3.8, 4) is 0 Å². The summed E-state index contributed by atoms with van der Waals surface area (Å²) in [6.45, 7) is 5.76. The summed E-state index contributed by atoms with van der Waals surface area (Å²) in [4.78, 5) is 18.8. The van der Waals surface area contributed by atoms with E-state index in [2.05, 4.69) is 10.3 Å². The molecule has 19 heavy (non-hydrogen) atoms. The number of anilines is 1. The van der Waals surface area contributed by atoms with E-state index < -0.39 is 11.7 Å². The largest absolute Gasteiger partial charge is 0.444 e. The van der Waals surface area contributed by atoms with E-state index in [1.807, 2.05) is 39.8 Å². The van der Waals surface area contributed by atoms with E-state index in [1.54, 1.807) is 6.20 Å². The highest BCUT2D eigenvalue weighted by Crippen LogP contribution is 2.25. The molecule has 0 fully saturated rings. The third kappa shape index (κ3) is 5.04. The smallest absolute Gasteiger partial charge is 0.408 e. The number of aromatic nitrogens is 1. The fraction of sp³-hybridized carbons (Fsp3) is 0.667. The van der Waals surface area contributed by atoms with Crippen molar-refractivity contribution in [2.75, 3.05) is 25.5 Å². The predicted molar refractivity (Wildman–Crippen MR) is 77.6 cm³/mol. The Morgan fingerprint density at radius 1 is 1.58 bits per heavy atom. The van der Waals surface area contributed by atoms with Crippen LogP contribution in [0.1, 0.15) is 31.7 Å². The minimum absolute atomic E-state index is 0.277. The number of amides is 1. The van der Waals surface area contributed by atoms with Crippen LogP contribution in [0.3, 0.4) is 0 Å². The number of alkyl carbamates (subject to hydrolysis) is 1. The fourth-order valence-electron chi connectivity index (χ4n) is 1.34. The molecule has 0 aliphatic carbocycles. The number of thiazole rings is 1. The van der Waals surface area contributed by atoms with E-state index >= 15 is 0 Å². The number of nitrogens with two attached hydrogens (primary N) is 1. The molecule has 1 aromatic rings. The van der Waals surface area contributed by atoms with E-state index in [1.165, 1.54) is 11.3 Å². The van der Waals surface area contributed by atoms with Gasteiger partial charge in [-0.2, -0.15) is 0 Å². The van der Waals surface area contributed by atoms with Crippen LogP contribution in [0.25, 0.3) is 0 Å². The van der Waals surface area contributed by atoms with Gasteiger partial charge in [-0.15, -0.1) is 0 Å². The summed E-state index contributed by atoms with van der Waals surface area (Å²) in [6, 6.07) is -0.277. The molecule has 6 nitrogen and oxygen atoms in total. The Morgan fingerprint density at radius 2 is 2.21 bits per heavy atom. The molecule has 7 heteroatoms. The van der Waals surface area contributed by atoms with E-state index in [0.717, 1.165) is 10.0 Å². The molecule has 0 radical (unpaired) electrons. The van der Waals surface area contributed by atoms with Gasteiger partial charge in [0.2, 0.25) is 0 Å². The number of nitrogens with one attached hydrogen (secondary N) is 1. The zero-order valence-electron chi connectivity index (χ0n) is 12.1. The van der Waals surface area contributed by atoms with E-state index in [-0.39, 0.29) is 6.04 Å². The first-order chi connectivity index (χ1) is 8.73. The quantitative estimate of drug-likeness (QED) is 0.881. The Kier molecular flexibility index (Phi) is 5.13. The number of rotatable bonds is 4. The van der Waals surface area contributed by atoms with Crippen LogP contribution in [0, 0.1) is 0 Å². The van der Waals surface area contributed by atoms with Crippen molar-refractivity contribution in [3.63, 3.8) is 0 Å². The average molecular weight is 286 g/mol. The summed E-state index contributed by atoms with van der Waals surface area (Å²) in [6.07, 6.45) is 1.26. The Labute approximate surface area is 118 Å². The lowest BCUT2D eigenvalue weighted by Gasteiger charge is -2.22. The van der Waals surface area contributed by atoms with Gasteiger partial charge < -0.3 is 20.7 Å². The van der Waals surface area contributed by atoms with E-state index in [0.29, 0.717) is 6.54 Å². The summed E-state index contributed by atoms with van der Waals surface area (Å²) >= 11 is 1.50. The lowest BCUT2D eigenvalue weighted by Crippen LogP contribution is -2.37. The van der Waals surface area contributed by atoms with Gasteiger partial charge in [0.05, 0.1) is 10.9 Å². The lowest BCUT2D eigenvalue weighted by atomic mass is 10.2. The second-order valence-corrected chi connectivity index (χ2v) is 6.41. The number of hydrogen-bond donors (Lipinski definition) is 2. The van der Waals surface area contributed by atoms with Gasteiger partial charge in [0, 0.05) is 26.8 Å². The standard InChI is InChI=1S/C12H22N4O2S/c1-12(2,3)18-11(17)15-8(6-13)9-7-14-10(19-9)16(4)5/h7-8H,6,13H2,1-5H3,(H,15,17). The van der Waals surface area contributed by atoms with Gasteiger partial charge in [-0.1, -0.05) is 11.3 Å². The molecule has 1 heterocycles. The van der Waals surface area contributed by atoms with Gasteiger partial charge in [0.15, 0.2) is 5.13 Å². The molecule has 0 aliphatic heterocycles. The third-order valence-electron chi connectivity index (χ3n) is 2.16. The van der Waals surface area contributed by atoms with Crippen molar-refractivity contribution in [2.45, 2.75) is 32.4 Å². The lowest BCUT2D eigenvalue weighted by molar-refractivity contribution is 0.0506. The molecule has 1 aromatic heterocycles. The molecule has 3 N–H and O–H groups in total. The SMILES string of the molecule is CN(C)c1ncc(C(CN)NC(=O)OC(C)(C)C)s1. The highest BCUT2D eigenvalue weighted by Gasteiger charge is 2.21. The minimum atomic E-state index is -0.522. The van der Waals surface area contributed by atoms with Gasteiger partial charge in [0.1, 0.15) is 5.60 Å². The number of carbonyl (C=O) groups excluding carboxylic acids is 1. The zero-order valence-corrected chi connectivity index (χ0v) is 12.9. The zero-order chi connectivity index (χ0) is 14.6. The predicted octanol–water partition coefficient (Wildman–Crippen LogP) is 1.73. The molecule has 0 aliphatic rings. The number of hydrogen-bond acceptors (Lipinski definition) is 6. The molecule has 1 amide bonds. The summed E-state index contributed by atoms with van der Waals surface area (Å²) in [7, 11) is 3.84. The van der Waals surface area contributed by atoms with Crippen LogP contribution in [0.4, 0.5) is 9.93 Å². The fourth-order valence-corrected chi connectivity index (χ4v) is 2.24. The van der Waals surface area contributed by atoms with Crippen LogP contribution in [0.2, 0.25) is 0 Å².